The van der Waals surface area contributed by atoms with Crippen LogP contribution >= 0.6 is 0 Å². The maximum absolute atomic E-state index is 13.2. The molecule has 1 fully saturated rings. The zero-order valence-corrected chi connectivity index (χ0v) is 18.6. The van der Waals surface area contributed by atoms with Crippen LogP contribution in [0.15, 0.2) is 74.7 Å². The Balaban J connectivity index is 1.21. The fraction of sp³-hybridized carbons (Fsp3) is 0.370. The second-order valence-electron chi connectivity index (χ2n) is 9.11. The van der Waals surface area contributed by atoms with Crippen LogP contribution in [0.25, 0.3) is 11.1 Å². The summed E-state index contributed by atoms with van der Waals surface area (Å²) in [5.74, 6) is -0.0999. The van der Waals surface area contributed by atoms with Gasteiger partial charge in [-0.1, -0.05) is 18.2 Å². The first-order valence-corrected chi connectivity index (χ1v) is 11.8. The number of H-pyrrole nitrogens is 1. The molecule has 4 aromatic rings. The molecule has 6 heteroatoms. The summed E-state index contributed by atoms with van der Waals surface area (Å²) < 4.78 is 23.7. The first-order valence-electron chi connectivity index (χ1n) is 11.8. The number of aryl methyl sites for hydroxylation is 1. The molecule has 2 aromatic carbocycles. The molecule has 0 unspecified atom stereocenters. The van der Waals surface area contributed by atoms with E-state index in [9.17, 15) is 9.18 Å². The van der Waals surface area contributed by atoms with Crippen molar-refractivity contribution in [3.63, 3.8) is 0 Å². The number of nitrogens with one attached hydrogen (secondary N) is 1. The summed E-state index contributed by atoms with van der Waals surface area (Å²) in [5.41, 5.74) is 5.02. The Morgan fingerprint density at radius 1 is 1.00 bits per heavy atom. The van der Waals surface area contributed by atoms with E-state index in [4.69, 9.17) is 8.83 Å². The number of hydrogen-bond donors (Lipinski definition) is 1. The van der Waals surface area contributed by atoms with Crippen molar-refractivity contribution in [3.05, 3.63) is 94.1 Å². The van der Waals surface area contributed by atoms with Gasteiger partial charge in [0.15, 0.2) is 5.58 Å². The number of halogens is 1. The van der Waals surface area contributed by atoms with Gasteiger partial charge in [-0.3, -0.25) is 9.88 Å². The summed E-state index contributed by atoms with van der Waals surface area (Å²) in [5, 5.41) is 0. The average Bonchev–Trinajstić information content (AvgIpc) is 3.48. The highest BCUT2D eigenvalue weighted by Crippen LogP contribution is 2.36. The van der Waals surface area contributed by atoms with Gasteiger partial charge in [0.1, 0.15) is 5.82 Å². The van der Waals surface area contributed by atoms with Gasteiger partial charge in [-0.05, 0) is 92.4 Å². The molecule has 1 aliphatic carbocycles. The zero-order chi connectivity index (χ0) is 22.6. The van der Waals surface area contributed by atoms with Crippen LogP contribution in [-0.2, 0) is 13.0 Å². The van der Waals surface area contributed by atoms with Gasteiger partial charge < -0.3 is 8.83 Å². The van der Waals surface area contributed by atoms with Crippen molar-refractivity contribution in [2.45, 2.75) is 57.0 Å². The topological polar surface area (TPSA) is 62.4 Å². The molecule has 5 nitrogen and oxygen atoms in total. The van der Waals surface area contributed by atoms with Crippen molar-refractivity contribution < 1.29 is 13.2 Å². The second-order valence-corrected chi connectivity index (χ2v) is 9.11. The van der Waals surface area contributed by atoms with Crippen molar-refractivity contribution in [2.75, 3.05) is 6.54 Å². The maximum Gasteiger partial charge on any atom is 0.417 e. The van der Waals surface area contributed by atoms with E-state index in [1.807, 2.05) is 36.6 Å². The molecule has 0 radical (unpaired) electrons. The summed E-state index contributed by atoms with van der Waals surface area (Å²) in [6.45, 7) is 1.88. The van der Waals surface area contributed by atoms with E-state index >= 15 is 0 Å². The zero-order valence-electron chi connectivity index (χ0n) is 18.6. The molecular formula is C27H29FN2O3. The van der Waals surface area contributed by atoms with Crippen molar-refractivity contribution in [3.8, 4) is 0 Å². The van der Waals surface area contributed by atoms with E-state index in [-0.39, 0.29) is 5.82 Å². The van der Waals surface area contributed by atoms with Gasteiger partial charge in [0, 0.05) is 18.2 Å². The molecule has 0 aliphatic heterocycles. The van der Waals surface area contributed by atoms with Crippen LogP contribution in [0.2, 0.25) is 0 Å². The summed E-state index contributed by atoms with van der Waals surface area (Å²) in [6.07, 6.45) is 10.0. The van der Waals surface area contributed by atoms with Crippen molar-refractivity contribution >= 4 is 11.1 Å². The molecule has 5 rings (SSSR count). The number of fused-ring (bicyclic) bond motifs is 1. The number of benzene rings is 2. The molecule has 0 bridgehead atoms. The Bertz CT molecular complexity index is 1220. The molecule has 172 valence electrons. The predicted molar refractivity (Wildman–Crippen MR) is 126 cm³/mol. The summed E-state index contributed by atoms with van der Waals surface area (Å²) >= 11 is 0. The van der Waals surface area contributed by atoms with Crippen molar-refractivity contribution in [1.82, 2.24) is 9.88 Å². The Hall–Kier alpha value is -3.12. The van der Waals surface area contributed by atoms with Gasteiger partial charge in [0.2, 0.25) is 0 Å². The fourth-order valence-corrected chi connectivity index (χ4v) is 5.14. The van der Waals surface area contributed by atoms with Crippen LogP contribution in [-0.4, -0.2) is 22.5 Å². The molecule has 0 atom stereocenters. The van der Waals surface area contributed by atoms with E-state index in [1.165, 1.54) is 28.8 Å². The summed E-state index contributed by atoms with van der Waals surface area (Å²) in [7, 11) is 0. The standard InChI is InChI=1S/C27H29FN2O3/c28-23-8-3-19(4-9-23)2-1-14-30(17-20-13-15-32-18-20)24-10-5-21(6-11-24)22-7-12-25-26(16-22)33-27(31)29-25/h3-4,7-9,12-13,15-16,18,21,24H,1-2,5-6,10-11,14,17H2,(H,29,31)/t21-,24-. The quantitative estimate of drug-likeness (QED) is 0.358. The predicted octanol–water partition coefficient (Wildman–Crippen LogP) is 6.01. The lowest BCUT2D eigenvalue weighted by Crippen LogP contribution is -2.38. The first-order chi connectivity index (χ1) is 16.1. The van der Waals surface area contributed by atoms with Crippen LogP contribution in [0.3, 0.4) is 0 Å². The van der Waals surface area contributed by atoms with E-state index in [0.717, 1.165) is 57.1 Å². The number of rotatable bonds is 8. The SMILES string of the molecule is O=c1[nH]c2ccc([C@H]3CC[C@H](N(CCCc4ccc(F)cc4)Cc4ccoc4)CC3)cc2o1. The molecule has 2 heterocycles. The van der Waals surface area contributed by atoms with E-state index in [0.29, 0.717) is 17.5 Å². The summed E-state index contributed by atoms with van der Waals surface area (Å²) in [6, 6.07) is 15.5. The lowest BCUT2D eigenvalue weighted by molar-refractivity contribution is 0.139. The highest BCUT2D eigenvalue weighted by molar-refractivity contribution is 5.72. The van der Waals surface area contributed by atoms with Crippen molar-refractivity contribution in [1.29, 1.82) is 0 Å². The Morgan fingerprint density at radius 2 is 1.82 bits per heavy atom. The van der Waals surface area contributed by atoms with E-state index in [1.54, 1.807) is 6.26 Å². The lowest BCUT2D eigenvalue weighted by Gasteiger charge is -2.37. The molecular weight excluding hydrogens is 419 g/mol. The van der Waals surface area contributed by atoms with Crippen LogP contribution in [0, 0.1) is 5.82 Å². The molecule has 0 spiro atoms. The minimum absolute atomic E-state index is 0.185. The van der Waals surface area contributed by atoms with Crippen LogP contribution in [0.5, 0.6) is 0 Å². The molecule has 1 aliphatic rings. The largest absolute Gasteiger partial charge is 0.472 e. The molecule has 0 saturated heterocycles. The maximum atomic E-state index is 13.2. The number of aromatic nitrogens is 1. The highest BCUT2D eigenvalue weighted by Gasteiger charge is 2.27. The van der Waals surface area contributed by atoms with Gasteiger partial charge in [-0.15, -0.1) is 0 Å². The van der Waals surface area contributed by atoms with Gasteiger partial charge in [0.05, 0.1) is 18.0 Å². The van der Waals surface area contributed by atoms with Crippen LogP contribution in [0.1, 0.15) is 54.7 Å². The number of oxazole rings is 1. The Labute approximate surface area is 192 Å². The second kappa shape index (κ2) is 9.79. The summed E-state index contributed by atoms with van der Waals surface area (Å²) in [4.78, 5) is 16.8. The van der Waals surface area contributed by atoms with E-state index < -0.39 is 5.76 Å². The molecule has 0 amide bonds. The number of hydrogen-bond acceptors (Lipinski definition) is 4. The molecule has 33 heavy (non-hydrogen) atoms. The Morgan fingerprint density at radius 3 is 2.58 bits per heavy atom. The van der Waals surface area contributed by atoms with E-state index in [2.05, 4.69) is 16.0 Å². The Kier molecular flexibility index (Phi) is 6.44. The van der Waals surface area contributed by atoms with Crippen LogP contribution < -0.4 is 5.76 Å². The fourth-order valence-electron chi connectivity index (χ4n) is 5.14. The average molecular weight is 449 g/mol. The van der Waals surface area contributed by atoms with Gasteiger partial charge in [0.25, 0.3) is 0 Å². The molecule has 1 saturated carbocycles. The normalized spacial score (nSPS) is 18.8. The van der Waals surface area contributed by atoms with Gasteiger partial charge >= 0.3 is 5.76 Å². The third-order valence-corrected chi connectivity index (χ3v) is 6.92. The highest BCUT2D eigenvalue weighted by atomic mass is 19.1. The van der Waals surface area contributed by atoms with Gasteiger partial charge in [-0.2, -0.15) is 0 Å². The lowest BCUT2D eigenvalue weighted by atomic mass is 9.81. The third kappa shape index (κ3) is 5.28. The minimum Gasteiger partial charge on any atom is -0.472 e. The minimum atomic E-state index is -0.401. The van der Waals surface area contributed by atoms with Gasteiger partial charge in [-0.25, -0.2) is 9.18 Å². The monoisotopic (exact) mass is 448 g/mol. The number of nitrogens with zero attached hydrogens (tertiary/aromatic N) is 1. The number of furan rings is 1. The molecule has 2 aromatic heterocycles. The first kappa shape index (κ1) is 21.7. The third-order valence-electron chi connectivity index (χ3n) is 6.92. The van der Waals surface area contributed by atoms with Crippen LogP contribution in [0.4, 0.5) is 4.39 Å². The van der Waals surface area contributed by atoms with Crippen molar-refractivity contribution in [2.24, 2.45) is 0 Å². The number of aromatic amines is 1. The molecule has 1 N–H and O–H groups in total. The smallest absolute Gasteiger partial charge is 0.417 e.